The highest BCUT2D eigenvalue weighted by atomic mass is 32.2. The highest BCUT2D eigenvalue weighted by Crippen LogP contribution is 2.39. The number of nitrogens with zero attached hydrogens (tertiary/aromatic N) is 5. The van der Waals surface area contributed by atoms with Crippen molar-refractivity contribution in [2.24, 2.45) is 0 Å². The van der Waals surface area contributed by atoms with Crippen LogP contribution in [0.5, 0.6) is 0 Å². The van der Waals surface area contributed by atoms with Crippen LogP contribution in [-0.4, -0.2) is 26.5 Å². The van der Waals surface area contributed by atoms with Crippen molar-refractivity contribution >= 4 is 23.5 Å². The molecule has 1 heterocycles. The summed E-state index contributed by atoms with van der Waals surface area (Å²) < 4.78 is 1.86. The highest BCUT2D eigenvalue weighted by Gasteiger charge is 2.28. The number of hydrogen-bond acceptors (Lipinski definition) is 6. The second kappa shape index (κ2) is 5.23. The molecule has 1 aromatic carbocycles. The fourth-order valence-electron chi connectivity index (χ4n) is 1.78. The quantitative estimate of drug-likeness (QED) is 0.806. The van der Waals surface area contributed by atoms with Gasteiger partial charge in [-0.25, -0.2) is 4.68 Å². The van der Waals surface area contributed by atoms with Gasteiger partial charge in [0.15, 0.2) is 0 Å². The fraction of sp³-hybridized carbons (Fsp3) is 0.333. The van der Waals surface area contributed by atoms with Crippen molar-refractivity contribution in [2.75, 3.05) is 6.26 Å². The zero-order valence-electron chi connectivity index (χ0n) is 10.3. The molecule has 0 saturated heterocycles. The molecule has 0 aliphatic heterocycles. The Labute approximate surface area is 119 Å². The first-order valence-corrected chi connectivity index (χ1v) is 7.90. The molecule has 0 N–H and O–H groups in total. The molecule has 0 spiro atoms. The van der Waals surface area contributed by atoms with Crippen LogP contribution in [0.4, 0.5) is 0 Å². The van der Waals surface area contributed by atoms with Crippen LogP contribution >= 0.6 is 23.5 Å². The number of thioether (sulfide) groups is 1. The molecule has 0 amide bonds. The van der Waals surface area contributed by atoms with E-state index in [-0.39, 0.29) is 0 Å². The molecule has 0 radical (unpaired) electrons. The zero-order chi connectivity index (χ0) is 13.2. The molecule has 1 aromatic heterocycles. The summed E-state index contributed by atoms with van der Waals surface area (Å²) in [6.45, 7) is 0. The Morgan fingerprint density at radius 1 is 1.37 bits per heavy atom. The van der Waals surface area contributed by atoms with Gasteiger partial charge in [-0.15, -0.1) is 16.9 Å². The Morgan fingerprint density at radius 3 is 2.84 bits per heavy atom. The Hall–Kier alpha value is -1.52. The molecule has 0 bridgehead atoms. The van der Waals surface area contributed by atoms with E-state index in [4.69, 9.17) is 0 Å². The number of aromatic nitrogens is 4. The normalized spacial score (nSPS) is 14.3. The second-order valence-electron chi connectivity index (χ2n) is 4.18. The second-order valence-corrected chi connectivity index (χ2v) is 6.04. The van der Waals surface area contributed by atoms with Crippen molar-refractivity contribution < 1.29 is 0 Å². The average Bonchev–Trinajstić information content (AvgIpc) is 3.19. The van der Waals surface area contributed by atoms with Crippen molar-refractivity contribution in [1.29, 1.82) is 5.26 Å². The average molecular weight is 289 g/mol. The molecule has 0 atom stereocenters. The fourth-order valence-corrected chi connectivity index (χ4v) is 3.37. The van der Waals surface area contributed by atoms with E-state index in [1.807, 2.05) is 29.1 Å². The maximum absolute atomic E-state index is 9.31. The van der Waals surface area contributed by atoms with Crippen molar-refractivity contribution in [2.45, 2.75) is 33.8 Å². The van der Waals surface area contributed by atoms with Crippen molar-refractivity contribution in [3.63, 3.8) is 0 Å². The molecule has 1 saturated carbocycles. The third kappa shape index (κ3) is 2.46. The molecule has 1 fully saturated rings. The molecule has 2 aromatic rings. The van der Waals surface area contributed by atoms with Crippen molar-refractivity contribution in [1.82, 2.24) is 20.2 Å². The van der Waals surface area contributed by atoms with Crippen molar-refractivity contribution in [3.8, 4) is 6.07 Å². The molecule has 19 heavy (non-hydrogen) atoms. The summed E-state index contributed by atoms with van der Waals surface area (Å²) in [5.74, 6) is 0. The van der Waals surface area contributed by atoms with E-state index in [0.29, 0.717) is 11.6 Å². The summed E-state index contributed by atoms with van der Waals surface area (Å²) in [6.07, 6.45) is 4.24. The molecular formula is C12H11N5S2. The molecule has 3 rings (SSSR count). The van der Waals surface area contributed by atoms with Crippen LogP contribution in [0, 0.1) is 11.3 Å². The van der Waals surface area contributed by atoms with Crippen LogP contribution in [0.25, 0.3) is 0 Å². The SMILES string of the molecule is CSc1cccc(Sc2nnnn2C2CC2)c1C#N. The van der Waals surface area contributed by atoms with Crippen LogP contribution in [0.2, 0.25) is 0 Å². The molecule has 1 aliphatic rings. The Morgan fingerprint density at radius 2 is 2.16 bits per heavy atom. The Kier molecular flexibility index (Phi) is 3.44. The third-order valence-corrected chi connectivity index (χ3v) is 4.67. The lowest BCUT2D eigenvalue weighted by Crippen LogP contribution is -1.98. The van der Waals surface area contributed by atoms with E-state index >= 15 is 0 Å². The van der Waals surface area contributed by atoms with Crippen LogP contribution in [0.3, 0.4) is 0 Å². The summed E-state index contributed by atoms with van der Waals surface area (Å²) in [6, 6.07) is 8.56. The van der Waals surface area contributed by atoms with Gasteiger partial charge in [-0.05, 0) is 53.4 Å². The van der Waals surface area contributed by atoms with Gasteiger partial charge in [0.25, 0.3) is 0 Å². The zero-order valence-corrected chi connectivity index (χ0v) is 11.9. The minimum absolute atomic E-state index is 0.437. The van der Waals surface area contributed by atoms with Gasteiger partial charge in [0.2, 0.25) is 5.16 Å². The van der Waals surface area contributed by atoms with Gasteiger partial charge in [0.1, 0.15) is 6.07 Å². The summed E-state index contributed by atoms with van der Waals surface area (Å²) in [5.41, 5.74) is 0.699. The highest BCUT2D eigenvalue weighted by molar-refractivity contribution is 7.99. The van der Waals surface area contributed by atoms with Gasteiger partial charge < -0.3 is 0 Å². The lowest BCUT2D eigenvalue weighted by molar-refractivity contribution is 0.565. The van der Waals surface area contributed by atoms with Gasteiger partial charge in [-0.2, -0.15) is 5.26 Å². The topological polar surface area (TPSA) is 67.4 Å². The van der Waals surface area contributed by atoms with E-state index in [1.54, 1.807) is 11.8 Å². The maximum atomic E-state index is 9.31. The predicted octanol–water partition coefficient (Wildman–Crippen LogP) is 2.75. The van der Waals surface area contributed by atoms with Crippen molar-refractivity contribution in [3.05, 3.63) is 23.8 Å². The van der Waals surface area contributed by atoms with Crippen LogP contribution in [0.1, 0.15) is 24.4 Å². The predicted molar refractivity (Wildman–Crippen MR) is 73.1 cm³/mol. The molecule has 7 heteroatoms. The monoisotopic (exact) mass is 289 g/mol. The lowest BCUT2D eigenvalue weighted by Gasteiger charge is -2.06. The Bertz CT molecular complexity index is 642. The van der Waals surface area contributed by atoms with E-state index in [9.17, 15) is 5.26 Å². The van der Waals surface area contributed by atoms with Gasteiger partial charge >= 0.3 is 0 Å². The maximum Gasteiger partial charge on any atom is 0.214 e. The van der Waals surface area contributed by atoms with Crippen LogP contribution in [0.15, 0.2) is 33.1 Å². The molecular weight excluding hydrogens is 278 g/mol. The van der Waals surface area contributed by atoms with E-state index < -0.39 is 0 Å². The summed E-state index contributed by atoms with van der Waals surface area (Å²) in [5, 5.41) is 21.9. The smallest absolute Gasteiger partial charge is 0.214 e. The summed E-state index contributed by atoms with van der Waals surface area (Å²) >= 11 is 3.04. The van der Waals surface area contributed by atoms with E-state index in [2.05, 4.69) is 21.6 Å². The van der Waals surface area contributed by atoms with Gasteiger partial charge in [-0.1, -0.05) is 6.07 Å². The van der Waals surface area contributed by atoms with Crippen LogP contribution < -0.4 is 0 Å². The molecule has 1 aliphatic carbocycles. The lowest BCUT2D eigenvalue weighted by atomic mass is 10.2. The first kappa shape index (κ1) is 12.5. The number of tetrazole rings is 1. The summed E-state index contributed by atoms with van der Waals surface area (Å²) in [7, 11) is 0. The number of hydrogen-bond donors (Lipinski definition) is 0. The standard InChI is InChI=1S/C12H11N5S2/c1-18-10-3-2-4-11(9(10)7-13)19-12-14-15-16-17(12)8-5-6-8/h2-4,8H,5-6H2,1H3. The Balaban J connectivity index is 1.95. The summed E-state index contributed by atoms with van der Waals surface area (Å²) in [4.78, 5) is 1.89. The van der Waals surface area contributed by atoms with Gasteiger partial charge in [0, 0.05) is 9.79 Å². The minimum Gasteiger partial charge on any atom is -0.217 e. The van der Waals surface area contributed by atoms with Gasteiger partial charge in [0.05, 0.1) is 11.6 Å². The first-order valence-electron chi connectivity index (χ1n) is 5.86. The largest absolute Gasteiger partial charge is 0.217 e. The molecule has 5 nitrogen and oxygen atoms in total. The number of benzene rings is 1. The number of nitriles is 1. The third-order valence-electron chi connectivity index (χ3n) is 2.88. The van der Waals surface area contributed by atoms with Gasteiger partial charge in [-0.3, -0.25) is 0 Å². The minimum atomic E-state index is 0.437. The van der Waals surface area contributed by atoms with Crippen LogP contribution in [-0.2, 0) is 0 Å². The van der Waals surface area contributed by atoms with E-state index in [1.165, 1.54) is 11.8 Å². The molecule has 0 unspecified atom stereocenters. The first-order chi connectivity index (χ1) is 9.33. The molecule has 96 valence electrons. The van der Waals surface area contributed by atoms with E-state index in [0.717, 1.165) is 27.8 Å². The number of rotatable bonds is 4.